The van der Waals surface area contributed by atoms with Gasteiger partial charge in [-0.05, 0) is 31.6 Å². The third kappa shape index (κ3) is 6.50. The predicted octanol–water partition coefficient (Wildman–Crippen LogP) is 3.09. The van der Waals surface area contributed by atoms with Gasteiger partial charge in [-0.2, -0.15) is 0 Å². The second-order valence-corrected chi connectivity index (χ2v) is 6.09. The minimum atomic E-state index is 0.280. The molecule has 0 unspecified atom stereocenters. The molecule has 1 aromatic carbocycles. The monoisotopic (exact) mass is 250 g/mol. The van der Waals surface area contributed by atoms with Crippen molar-refractivity contribution in [3.05, 3.63) is 24.3 Å². The van der Waals surface area contributed by atoms with Crippen molar-refractivity contribution in [3.8, 4) is 5.75 Å². The van der Waals surface area contributed by atoms with E-state index in [1.165, 1.54) is 0 Å². The Balaban J connectivity index is 2.46. The molecule has 0 fully saturated rings. The first-order valence-electron chi connectivity index (χ1n) is 6.48. The highest BCUT2D eigenvalue weighted by Crippen LogP contribution is 2.20. The maximum absolute atomic E-state index is 5.71. The van der Waals surface area contributed by atoms with Gasteiger partial charge >= 0.3 is 0 Å². The van der Waals surface area contributed by atoms with E-state index < -0.39 is 0 Å². The summed E-state index contributed by atoms with van der Waals surface area (Å²) < 4.78 is 5.71. The normalized spacial score (nSPS) is 11.7. The van der Waals surface area contributed by atoms with Gasteiger partial charge in [-0.15, -0.1) is 0 Å². The molecular formula is C15H26N2O. The SMILES string of the molecule is CN(C)CCOc1cccc(NCC(C)(C)C)c1. The molecule has 0 amide bonds. The molecule has 0 heterocycles. The van der Waals surface area contributed by atoms with Crippen LogP contribution in [0.25, 0.3) is 0 Å². The Morgan fingerprint density at radius 3 is 2.56 bits per heavy atom. The highest BCUT2D eigenvalue weighted by atomic mass is 16.5. The van der Waals surface area contributed by atoms with E-state index in [4.69, 9.17) is 4.74 Å². The number of benzene rings is 1. The van der Waals surface area contributed by atoms with Crippen molar-refractivity contribution in [3.63, 3.8) is 0 Å². The van der Waals surface area contributed by atoms with Crippen LogP contribution >= 0.6 is 0 Å². The van der Waals surface area contributed by atoms with E-state index in [2.05, 4.69) is 43.1 Å². The van der Waals surface area contributed by atoms with Crippen LogP contribution in [0.3, 0.4) is 0 Å². The average Bonchev–Trinajstić information content (AvgIpc) is 2.26. The molecule has 0 aliphatic rings. The highest BCUT2D eigenvalue weighted by Gasteiger charge is 2.09. The van der Waals surface area contributed by atoms with Gasteiger partial charge < -0.3 is 15.0 Å². The van der Waals surface area contributed by atoms with Gasteiger partial charge in [0.25, 0.3) is 0 Å². The molecule has 1 N–H and O–H groups in total. The fourth-order valence-corrected chi connectivity index (χ4v) is 1.41. The second kappa shape index (κ2) is 6.64. The lowest BCUT2D eigenvalue weighted by Crippen LogP contribution is -2.20. The van der Waals surface area contributed by atoms with Crippen LogP contribution in [0.1, 0.15) is 20.8 Å². The van der Waals surface area contributed by atoms with E-state index in [0.717, 1.165) is 31.1 Å². The van der Waals surface area contributed by atoms with E-state index in [0.29, 0.717) is 0 Å². The molecule has 0 saturated heterocycles. The van der Waals surface area contributed by atoms with Crippen molar-refractivity contribution >= 4 is 5.69 Å². The summed E-state index contributed by atoms with van der Waals surface area (Å²) in [5.74, 6) is 0.927. The van der Waals surface area contributed by atoms with Crippen molar-refractivity contribution in [2.24, 2.45) is 5.41 Å². The molecule has 0 saturated carbocycles. The lowest BCUT2D eigenvalue weighted by atomic mass is 9.97. The Labute approximate surface area is 111 Å². The summed E-state index contributed by atoms with van der Waals surface area (Å²) in [7, 11) is 4.09. The third-order valence-corrected chi connectivity index (χ3v) is 2.46. The van der Waals surface area contributed by atoms with Crippen molar-refractivity contribution < 1.29 is 4.74 Å². The zero-order valence-electron chi connectivity index (χ0n) is 12.3. The van der Waals surface area contributed by atoms with Crippen LogP contribution in [0.15, 0.2) is 24.3 Å². The van der Waals surface area contributed by atoms with Crippen molar-refractivity contribution in [1.82, 2.24) is 4.90 Å². The van der Waals surface area contributed by atoms with Crippen molar-refractivity contribution in [2.45, 2.75) is 20.8 Å². The number of hydrogen-bond donors (Lipinski definition) is 1. The van der Waals surface area contributed by atoms with Gasteiger partial charge in [0.2, 0.25) is 0 Å². The maximum Gasteiger partial charge on any atom is 0.121 e. The molecule has 0 radical (unpaired) electrons. The van der Waals surface area contributed by atoms with E-state index in [-0.39, 0.29) is 5.41 Å². The minimum absolute atomic E-state index is 0.280. The average molecular weight is 250 g/mol. The first-order chi connectivity index (χ1) is 8.37. The summed E-state index contributed by atoms with van der Waals surface area (Å²) in [6.07, 6.45) is 0. The van der Waals surface area contributed by atoms with Crippen LogP contribution in [-0.2, 0) is 0 Å². The number of anilines is 1. The summed E-state index contributed by atoms with van der Waals surface area (Å²) in [5.41, 5.74) is 1.40. The van der Waals surface area contributed by atoms with Gasteiger partial charge in [0.05, 0.1) is 0 Å². The third-order valence-electron chi connectivity index (χ3n) is 2.46. The molecule has 0 aliphatic heterocycles. The van der Waals surface area contributed by atoms with E-state index in [1.807, 2.05) is 26.2 Å². The smallest absolute Gasteiger partial charge is 0.121 e. The molecule has 102 valence electrons. The zero-order valence-corrected chi connectivity index (χ0v) is 12.3. The van der Waals surface area contributed by atoms with Gasteiger partial charge in [0.15, 0.2) is 0 Å². The van der Waals surface area contributed by atoms with Crippen LogP contribution in [0.2, 0.25) is 0 Å². The lowest BCUT2D eigenvalue weighted by Gasteiger charge is -2.20. The summed E-state index contributed by atoms with van der Waals surface area (Å²) in [6, 6.07) is 8.15. The minimum Gasteiger partial charge on any atom is -0.492 e. The molecule has 18 heavy (non-hydrogen) atoms. The predicted molar refractivity (Wildman–Crippen MR) is 78.4 cm³/mol. The molecule has 0 aromatic heterocycles. The molecular weight excluding hydrogens is 224 g/mol. The first-order valence-corrected chi connectivity index (χ1v) is 6.48. The van der Waals surface area contributed by atoms with E-state index in [9.17, 15) is 0 Å². The van der Waals surface area contributed by atoms with Crippen LogP contribution in [-0.4, -0.2) is 38.7 Å². The summed E-state index contributed by atoms with van der Waals surface area (Å²) >= 11 is 0. The van der Waals surface area contributed by atoms with Crippen LogP contribution in [0, 0.1) is 5.41 Å². The van der Waals surface area contributed by atoms with Crippen molar-refractivity contribution in [2.75, 3.05) is 39.1 Å². The highest BCUT2D eigenvalue weighted by molar-refractivity contribution is 5.48. The van der Waals surface area contributed by atoms with Crippen LogP contribution < -0.4 is 10.1 Å². The molecule has 0 spiro atoms. The summed E-state index contributed by atoms with van der Waals surface area (Å²) in [4.78, 5) is 2.11. The molecule has 0 aliphatic carbocycles. The number of nitrogens with zero attached hydrogens (tertiary/aromatic N) is 1. The van der Waals surface area contributed by atoms with Crippen LogP contribution in [0.5, 0.6) is 5.75 Å². The molecule has 0 bridgehead atoms. The van der Waals surface area contributed by atoms with Gasteiger partial charge in [0.1, 0.15) is 12.4 Å². The summed E-state index contributed by atoms with van der Waals surface area (Å²) in [6.45, 7) is 9.26. The maximum atomic E-state index is 5.71. The standard InChI is InChI=1S/C15H26N2O/c1-15(2,3)12-16-13-7-6-8-14(11-13)18-10-9-17(4)5/h6-8,11,16H,9-10,12H2,1-5H3. The molecule has 1 rings (SSSR count). The second-order valence-electron chi connectivity index (χ2n) is 6.09. The quantitative estimate of drug-likeness (QED) is 0.839. The first kappa shape index (κ1) is 14.8. The Morgan fingerprint density at radius 1 is 1.22 bits per heavy atom. The molecule has 3 nitrogen and oxygen atoms in total. The van der Waals surface area contributed by atoms with Gasteiger partial charge in [-0.25, -0.2) is 0 Å². The van der Waals surface area contributed by atoms with Crippen LogP contribution in [0.4, 0.5) is 5.69 Å². The van der Waals surface area contributed by atoms with Gasteiger partial charge in [0, 0.05) is 24.8 Å². The molecule has 0 atom stereocenters. The van der Waals surface area contributed by atoms with Crippen molar-refractivity contribution in [1.29, 1.82) is 0 Å². The fourth-order valence-electron chi connectivity index (χ4n) is 1.41. The zero-order chi connectivity index (χ0) is 13.6. The fraction of sp³-hybridized carbons (Fsp3) is 0.600. The number of hydrogen-bond acceptors (Lipinski definition) is 3. The van der Waals surface area contributed by atoms with E-state index in [1.54, 1.807) is 0 Å². The molecule has 1 aromatic rings. The van der Waals surface area contributed by atoms with Gasteiger partial charge in [-0.3, -0.25) is 0 Å². The van der Waals surface area contributed by atoms with Gasteiger partial charge in [-0.1, -0.05) is 26.8 Å². The molecule has 3 heteroatoms. The Bertz CT molecular complexity index is 356. The summed E-state index contributed by atoms with van der Waals surface area (Å²) in [5, 5.41) is 3.43. The Kier molecular flexibility index (Phi) is 5.48. The Hall–Kier alpha value is -1.22. The van der Waals surface area contributed by atoms with E-state index >= 15 is 0 Å². The number of nitrogens with one attached hydrogen (secondary N) is 1. The topological polar surface area (TPSA) is 24.5 Å². The Morgan fingerprint density at radius 2 is 1.94 bits per heavy atom. The number of rotatable bonds is 6. The number of likely N-dealkylation sites (N-methyl/N-ethyl adjacent to an activating group) is 1. The largest absolute Gasteiger partial charge is 0.492 e. The lowest BCUT2D eigenvalue weighted by molar-refractivity contribution is 0.261. The number of ether oxygens (including phenoxy) is 1.